The van der Waals surface area contributed by atoms with Gasteiger partial charge in [0, 0.05) is 5.92 Å². The number of phenolic OH excluding ortho intramolecular Hbond substituents is 1. The van der Waals surface area contributed by atoms with Gasteiger partial charge < -0.3 is 21.1 Å². The van der Waals surface area contributed by atoms with Gasteiger partial charge in [-0.15, -0.1) is 0 Å². The van der Waals surface area contributed by atoms with Gasteiger partial charge >= 0.3 is 0 Å². The van der Waals surface area contributed by atoms with Crippen LogP contribution in [0.15, 0.2) is 12.1 Å². The Bertz CT molecular complexity index is 1220. The fourth-order valence-corrected chi connectivity index (χ4v) is 6.59. The molecule has 8 atom stereocenters. The monoisotopic (exact) mass is 500 g/mol. The number of aliphatic hydroxyl groups excluding tert-OH is 1. The van der Waals surface area contributed by atoms with Crippen molar-refractivity contribution in [3.63, 3.8) is 0 Å². The van der Waals surface area contributed by atoms with E-state index in [2.05, 4.69) is 0 Å². The van der Waals surface area contributed by atoms with Crippen LogP contribution >= 0.6 is 0 Å². The number of aromatic hydroxyl groups is 1. The molecule has 4 rings (SSSR count). The van der Waals surface area contributed by atoms with Gasteiger partial charge in [-0.2, -0.15) is 0 Å². The predicted octanol–water partition coefficient (Wildman–Crippen LogP) is -0.304. The summed E-state index contributed by atoms with van der Waals surface area (Å²) in [7, 11) is 2.91. The molecule has 2 saturated carbocycles. The fourth-order valence-electron chi connectivity index (χ4n) is 6.59. The smallest absolute Gasteiger partial charge is 0.235 e. The molecule has 10 nitrogen and oxygen atoms in total. The topological polar surface area (TPSA) is 175 Å². The van der Waals surface area contributed by atoms with Crippen molar-refractivity contribution in [2.45, 2.75) is 56.8 Å². The van der Waals surface area contributed by atoms with Gasteiger partial charge in [-0.05, 0) is 36.6 Å². The summed E-state index contributed by atoms with van der Waals surface area (Å²) < 4.78 is 0. The van der Waals surface area contributed by atoms with Crippen molar-refractivity contribution in [3.8, 4) is 5.75 Å². The van der Waals surface area contributed by atoms with E-state index in [9.17, 15) is 39.3 Å². The number of Topliss-reactive ketones (excluding diaryl/α,β-unsaturated/α-hetero) is 4. The number of ketones is 4. The summed E-state index contributed by atoms with van der Waals surface area (Å²) in [5.74, 6) is -13.1. The van der Waals surface area contributed by atoms with Crippen molar-refractivity contribution in [2.24, 2.45) is 29.4 Å². The number of carbonyl (C=O) groups excluding carboxylic acids is 5. The summed E-state index contributed by atoms with van der Waals surface area (Å²) in [6.07, 6.45) is -1.64. The Morgan fingerprint density at radius 2 is 1.67 bits per heavy atom. The maximum Gasteiger partial charge on any atom is 0.235 e. The zero-order chi connectivity index (χ0) is 27.2. The van der Waals surface area contributed by atoms with Gasteiger partial charge in [0.15, 0.2) is 34.7 Å². The van der Waals surface area contributed by atoms with E-state index in [4.69, 9.17) is 5.73 Å². The standard InChI is InChI=1S/C26H32N2O8/c1-9-10-7-8-11(25(2,3)4)18(29)13(10)19(30)14-12(9)20(31)16-17(28(5)6)21(32)15(24(27)35)23(34)26(16,36)22(14)33/h7-9,12,14-17,20,29,31,36H,1-6H3,(H2,27,35)/t9-,12+,14?,15?,16+,17-,20-,26-/m0/s1. The van der Waals surface area contributed by atoms with E-state index in [1.807, 2.05) is 20.8 Å². The third-order valence-electron chi connectivity index (χ3n) is 8.30. The molecule has 1 amide bonds. The number of nitrogens with zero attached hydrogens (tertiary/aromatic N) is 1. The van der Waals surface area contributed by atoms with Crippen LogP contribution in [-0.2, 0) is 24.6 Å². The molecule has 194 valence electrons. The highest BCUT2D eigenvalue weighted by molar-refractivity contribution is 6.32. The number of carbonyl (C=O) groups is 5. The highest BCUT2D eigenvalue weighted by Gasteiger charge is 2.72. The van der Waals surface area contributed by atoms with Crippen LogP contribution in [0.1, 0.15) is 55.1 Å². The van der Waals surface area contributed by atoms with Gasteiger partial charge in [-0.1, -0.05) is 39.8 Å². The van der Waals surface area contributed by atoms with Gasteiger partial charge in [-0.3, -0.25) is 28.9 Å². The molecule has 10 heteroatoms. The number of amides is 1. The summed E-state index contributed by atoms with van der Waals surface area (Å²) >= 11 is 0. The minimum absolute atomic E-state index is 0.0891. The Balaban J connectivity index is 1.96. The molecular formula is C26H32N2O8. The van der Waals surface area contributed by atoms with E-state index in [1.165, 1.54) is 19.0 Å². The third-order valence-corrected chi connectivity index (χ3v) is 8.30. The first-order valence-corrected chi connectivity index (χ1v) is 11.9. The van der Waals surface area contributed by atoms with E-state index in [0.29, 0.717) is 11.1 Å². The number of likely N-dealkylation sites (N-methyl/N-ethyl adjacent to an activating group) is 1. The zero-order valence-electron chi connectivity index (χ0n) is 21.1. The van der Waals surface area contributed by atoms with E-state index in [-0.39, 0.29) is 11.3 Å². The normalized spacial score (nSPS) is 36.4. The van der Waals surface area contributed by atoms with E-state index in [0.717, 1.165) is 0 Å². The lowest BCUT2D eigenvalue weighted by atomic mass is 9.49. The molecule has 3 aliphatic rings. The van der Waals surface area contributed by atoms with Crippen LogP contribution in [0.5, 0.6) is 5.75 Å². The molecule has 0 radical (unpaired) electrons. The van der Waals surface area contributed by atoms with Gasteiger partial charge in [0.2, 0.25) is 5.91 Å². The molecule has 2 unspecified atom stereocenters. The number of nitrogens with two attached hydrogens (primary N) is 1. The van der Waals surface area contributed by atoms with Crippen LogP contribution < -0.4 is 5.73 Å². The Labute approximate surface area is 208 Å². The van der Waals surface area contributed by atoms with Crippen LogP contribution in [0.2, 0.25) is 0 Å². The largest absolute Gasteiger partial charge is 0.507 e. The molecule has 0 saturated heterocycles. The average Bonchev–Trinajstić information content (AvgIpc) is 2.75. The van der Waals surface area contributed by atoms with Crippen molar-refractivity contribution in [3.05, 3.63) is 28.8 Å². The number of fused-ring (bicyclic) bond motifs is 3. The lowest BCUT2D eigenvalue weighted by Gasteiger charge is -2.56. The Kier molecular flexibility index (Phi) is 5.82. The quantitative estimate of drug-likeness (QED) is 0.397. The molecule has 5 N–H and O–H groups in total. The minimum Gasteiger partial charge on any atom is -0.507 e. The number of rotatable bonds is 2. The maximum absolute atomic E-state index is 13.9. The Hall–Kier alpha value is -2.95. The Morgan fingerprint density at radius 3 is 2.17 bits per heavy atom. The van der Waals surface area contributed by atoms with Crippen molar-refractivity contribution < 1.29 is 39.3 Å². The second kappa shape index (κ2) is 8.03. The van der Waals surface area contributed by atoms with Gasteiger partial charge in [0.1, 0.15) is 5.75 Å². The van der Waals surface area contributed by atoms with Gasteiger partial charge in [0.25, 0.3) is 0 Å². The number of hydrogen-bond donors (Lipinski definition) is 4. The summed E-state index contributed by atoms with van der Waals surface area (Å²) in [6.45, 7) is 7.23. The molecule has 0 aliphatic heterocycles. The third kappa shape index (κ3) is 3.17. The van der Waals surface area contributed by atoms with E-state index < -0.39 is 81.8 Å². The van der Waals surface area contributed by atoms with Crippen molar-refractivity contribution in [1.29, 1.82) is 0 Å². The van der Waals surface area contributed by atoms with Crippen molar-refractivity contribution in [1.82, 2.24) is 4.90 Å². The number of aliphatic hydroxyl groups is 2. The van der Waals surface area contributed by atoms with Crippen LogP contribution in [0.4, 0.5) is 0 Å². The predicted molar refractivity (Wildman–Crippen MR) is 126 cm³/mol. The molecule has 0 heterocycles. The summed E-state index contributed by atoms with van der Waals surface area (Å²) in [6, 6.07) is 1.99. The highest BCUT2D eigenvalue weighted by Crippen LogP contribution is 2.55. The first-order valence-electron chi connectivity index (χ1n) is 11.9. The average molecular weight is 501 g/mol. The molecule has 1 aromatic carbocycles. The molecular weight excluding hydrogens is 468 g/mol. The molecule has 2 fully saturated rings. The minimum atomic E-state index is -2.99. The summed E-state index contributed by atoms with van der Waals surface area (Å²) in [5, 5.41) is 34.3. The molecule has 1 aromatic rings. The van der Waals surface area contributed by atoms with Gasteiger partial charge in [-0.25, -0.2) is 0 Å². The van der Waals surface area contributed by atoms with Crippen LogP contribution in [0.3, 0.4) is 0 Å². The van der Waals surface area contributed by atoms with Crippen molar-refractivity contribution in [2.75, 3.05) is 14.1 Å². The van der Waals surface area contributed by atoms with Crippen LogP contribution in [0.25, 0.3) is 0 Å². The van der Waals surface area contributed by atoms with Gasteiger partial charge in [0.05, 0.1) is 29.5 Å². The Morgan fingerprint density at radius 1 is 1.08 bits per heavy atom. The molecule has 0 spiro atoms. The lowest BCUT2D eigenvalue weighted by molar-refractivity contribution is -0.196. The second-order valence-electron chi connectivity index (χ2n) is 11.5. The first kappa shape index (κ1) is 26.1. The fraction of sp³-hybridized carbons (Fsp3) is 0.577. The highest BCUT2D eigenvalue weighted by atomic mass is 16.3. The SMILES string of the molecule is C[C@H]1c2ccc(C(C)(C)C)c(O)c2C(=O)C2C(=O)[C@]3(O)C(=O)C(C(N)=O)C(=O)[C@@H](N(C)C)[C@@H]3[C@@H](O)[C@@H]21. The number of hydrogen-bond acceptors (Lipinski definition) is 9. The zero-order valence-corrected chi connectivity index (χ0v) is 21.1. The maximum atomic E-state index is 13.9. The summed E-state index contributed by atoms with van der Waals surface area (Å²) in [5.41, 5.74) is 2.59. The second-order valence-corrected chi connectivity index (χ2v) is 11.5. The summed E-state index contributed by atoms with van der Waals surface area (Å²) in [4.78, 5) is 67.6. The van der Waals surface area contributed by atoms with E-state index >= 15 is 0 Å². The number of primary amides is 1. The lowest BCUT2D eigenvalue weighted by Crippen LogP contribution is -2.77. The van der Waals surface area contributed by atoms with Crippen LogP contribution in [-0.4, -0.2) is 81.1 Å². The molecule has 0 aromatic heterocycles. The van der Waals surface area contributed by atoms with Crippen molar-refractivity contribution >= 4 is 29.0 Å². The number of benzene rings is 1. The van der Waals surface area contributed by atoms with Crippen LogP contribution in [0, 0.1) is 23.7 Å². The molecule has 36 heavy (non-hydrogen) atoms. The number of phenols is 1. The molecule has 3 aliphatic carbocycles. The molecule has 0 bridgehead atoms. The van der Waals surface area contributed by atoms with E-state index in [1.54, 1.807) is 19.1 Å². The first-order chi connectivity index (χ1) is 16.5.